The lowest BCUT2D eigenvalue weighted by atomic mass is 9.74. The van der Waals surface area contributed by atoms with Crippen LogP contribution in [0.25, 0.3) is 0 Å². The van der Waals surface area contributed by atoms with Gasteiger partial charge in [0.25, 0.3) is 5.91 Å². The molecule has 6 atom stereocenters. The summed E-state index contributed by atoms with van der Waals surface area (Å²) in [5.41, 5.74) is 5.12. The molecule has 3 aromatic rings. The first-order chi connectivity index (χ1) is 22.2. The number of benzene rings is 3. The normalized spacial score (nSPS) is 24.2. The molecule has 2 aliphatic rings. The number of aliphatic hydroxyl groups is 2. The van der Waals surface area contributed by atoms with Crippen LogP contribution >= 0.6 is 0 Å². The van der Waals surface area contributed by atoms with Gasteiger partial charge in [-0.1, -0.05) is 67.1 Å². The van der Waals surface area contributed by atoms with Crippen LogP contribution in [0.1, 0.15) is 59.2 Å². The predicted octanol–water partition coefficient (Wildman–Crippen LogP) is 4.84. The number of carbonyl (C=O) groups excluding carboxylic acids is 1. The zero-order valence-corrected chi connectivity index (χ0v) is 27.7. The number of hydrogen-bond acceptors (Lipinski definition) is 7. The Balaban J connectivity index is 1.36. The van der Waals surface area contributed by atoms with E-state index in [1.807, 2.05) is 61.6 Å². The largest absolute Gasteiger partial charge is 0.394 e. The highest BCUT2D eigenvalue weighted by atomic mass is 16.7. The Kier molecular flexibility index (Phi) is 11.9. The molecule has 248 valence electrons. The van der Waals surface area contributed by atoms with E-state index in [0.29, 0.717) is 18.7 Å². The fourth-order valence-corrected chi connectivity index (χ4v) is 7.32. The van der Waals surface area contributed by atoms with Gasteiger partial charge in [0.05, 0.1) is 18.8 Å². The Morgan fingerprint density at radius 2 is 1.67 bits per heavy atom. The number of methoxy groups -OCH3 is 1. The van der Waals surface area contributed by atoms with Crippen LogP contribution in [0.15, 0.2) is 78.9 Å². The standard InChI is InChI=1S/C38H51N3O5/c1-26(43)35-24-41(46-36(35)25-42)23-29-16-11-17-34(37(29)45-4)30-20-31(22-33(21-30)40(2)3)38(44)39-32(18-27-12-7-5-8-13-27)19-28-14-9-6-10-15-28/h5-10,12-15,20-22,26,29,32,34-37,42-43H,11,16-19,23-25H2,1-4H3,(H,39,44)/t26?,29?,34?,35?,36-,37?/m0/s1. The number of nitrogens with zero attached hydrogens (tertiary/aromatic N) is 2. The van der Waals surface area contributed by atoms with Crippen LogP contribution in [-0.2, 0) is 22.4 Å². The Morgan fingerprint density at radius 3 is 2.22 bits per heavy atom. The quantitative estimate of drug-likeness (QED) is 0.249. The summed E-state index contributed by atoms with van der Waals surface area (Å²) in [6.07, 6.45) is 3.47. The number of amides is 1. The Bertz CT molecular complexity index is 1340. The van der Waals surface area contributed by atoms with Crippen molar-refractivity contribution >= 4 is 11.6 Å². The van der Waals surface area contributed by atoms with Crippen molar-refractivity contribution in [3.63, 3.8) is 0 Å². The van der Waals surface area contributed by atoms with Crippen molar-refractivity contribution in [2.75, 3.05) is 45.8 Å². The lowest BCUT2D eigenvalue weighted by Crippen LogP contribution is -2.41. The number of hydroxylamine groups is 2. The molecule has 8 nitrogen and oxygen atoms in total. The van der Waals surface area contributed by atoms with E-state index >= 15 is 0 Å². The van der Waals surface area contributed by atoms with Crippen LogP contribution < -0.4 is 10.2 Å². The Morgan fingerprint density at radius 1 is 1.02 bits per heavy atom. The zero-order chi connectivity index (χ0) is 32.6. The molecule has 8 heteroatoms. The number of ether oxygens (including phenoxy) is 1. The fourth-order valence-electron chi connectivity index (χ4n) is 7.32. The van der Waals surface area contributed by atoms with Gasteiger partial charge in [-0.2, -0.15) is 5.06 Å². The van der Waals surface area contributed by atoms with Crippen LogP contribution in [0.2, 0.25) is 0 Å². The topological polar surface area (TPSA) is 94.5 Å². The molecule has 46 heavy (non-hydrogen) atoms. The van der Waals surface area contributed by atoms with Gasteiger partial charge >= 0.3 is 0 Å². The molecule has 0 radical (unpaired) electrons. The highest BCUT2D eigenvalue weighted by Crippen LogP contribution is 2.41. The highest BCUT2D eigenvalue weighted by molar-refractivity contribution is 5.95. The first-order valence-electron chi connectivity index (χ1n) is 16.7. The second-order valence-electron chi connectivity index (χ2n) is 13.3. The minimum Gasteiger partial charge on any atom is -0.394 e. The maximum atomic E-state index is 14.0. The summed E-state index contributed by atoms with van der Waals surface area (Å²) >= 11 is 0. The highest BCUT2D eigenvalue weighted by Gasteiger charge is 2.41. The fraction of sp³-hybridized carbons (Fsp3) is 0.500. The van der Waals surface area contributed by atoms with Crippen molar-refractivity contribution < 1.29 is 24.6 Å². The molecule has 0 spiro atoms. The smallest absolute Gasteiger partial charge is 0.251 e. The van der Waals surface area contributed by atoms with Gasteiger partial charge in [-0.25, -0.2) is 0 Å². The number of anilines is 1. The van der Waals surface area contributed by atoms with Crippen molar-refractivity contribution in [1.82, 2.24) is 10.4 Å². The van der Waals surface area contributed by atoms with Gasteiger partial charge in [0, 0.05) is 69.3 Å². The molecule has 0 aromatic heterocycles. The third-order valence-electron chi connectivity index (χ3n) is 9.77. The van der Waals surface area contributed by atoms with E-state index in [0.717, 1.165) is 43.4 Å². The number of carbonyl (C=O) groups is 1. The minimum atomic E-state index is -0.558. The number of aliphatic hydroxyl groups excluding tert-OH is 2. The Labute approximate surface area is 274 Å². The van der Waals surface area contributed by atoms with E-state index in [1.165, 1.54) is 11.1 Å². The number of hydrogen-bond donors (Lipinski definition) is 3. The molecule has 0 bridgehead atoms. The van der Waals surface area contributed by atoms with Crippen LogP contribution in [0.4, 0.5) is 5.69 Å². The number of nitrogens with one attached hydrogen (secondary N) is 1. The zero-order valence-electron chi connectivity index (χ0n) is 27.7. The maximum Gasteiger partial charge on any atom is 0.251 e. The van der Waals surface area contributed by atoms with Crippen LogP contribution in [0, 0.1) is 11.8 Å². The van der Waals surface area contributed by atoms with Gasteiger partial charge < -0.3 is 25.2 Å². The summed E-state index contributed by atoms with van der Waals surface area (Å²) in [6.45, 7) is 2.88. The molecule has 5 unspecified atom stereocenters. The average molecular weight is 630 g/mol. The molecule has 1 saturated carbocycles. The molecule has 3 aromatic carbocycles. The van der Waals surface area contributed by atoms with E-state index in [-0.39, 0.29) is 42.4 Å². The lowest BCUT2D eigenvalue weighted by molar-refractivity contribution is -0.174. The third kappa shape index (κ3) is 8.55. The first-order valence-corrected chi connectivity index (χ1v) is 16.7. The van der Waals surface area contributed by atoms with Gasteiger partial charge in [0.15, 0.2) is 0 Å². The lowest BCUT2D eigenvalue weighted by Gasteiger charge is -2.39. The van der Waals surface area contributed by atoms with Crippen molar-refractivity contribution in [1.29, 1.82) is 0 Å². The number of rotatable bonds is 13. The summed E-state index contributed by atoms with van der Waals surface area (Å²) in [7, 11) is 5.79. The van der Waals surface area contributed by atoms with Gasteiger partial charge in [0.2, 0.25) is 0 Å². The molecule has 3 N–H and O–H groups in total. The Hall–Kier alpha value is -3.27. The van der Waals surface area contributed by atoms with E-state index < -0.39 is 12.2 Å². The van der Waals surface area contributed by atoms with E-state index in [2.05, 4.69) is 46.6 Å². The predicted molar refractivity (Wildman–Crippen MR) is 182 cm³/mol. The van der Waals surface area contributed by atoms with E-state index in [1.54, 1.807) is 14.0 Å². The molecular weight excluding hydrogens is 578 g/mol. The second kappa shape index (κ2) is 16.0. The molecule has 1 saturated heterocycles. The van der Waals surface area contributed by atoms with Gasteiger partial charge in [-0.05, 0) is 67.5 Å². The maximum absolute atomic E-state index is 14.0. The van der Waals surface area contributed by atoms with Gasteiger partial charge in [-0.15, -0.1) is 0 Å². The first kappa shape index (κ1) is 34.1. The van der Waals surface area contributed by atoms with Crippen molar-refractivity contribution in [2.24, 2.45) is 11.8 Å². The minimum absolute atomic E-state index is 0.0623. The van der Waals surface area contributed by atoms with E-state index in [4.69, 9.17) is 9.57 Å². The van der Waals surface area contributed by atoms with Crippen molar-refractivity contribution in [3.05, 3.63) is 101 Å². The van der Waals surface area contributed by atoms with Crippen molar-refractivity contribution in [2.45, 2.75) is 69.3 Å². The molecule has 5 rings (SSSR count). The summed E-state index contributed by atoms with van der Waals surface area (Å²) < 4.78 is 6.21. The summed E-state index contributed by atoms with van der Waals surface area (Å²) in [5, 5.41) is 25.3. The van der Waals surface area contributed by atoms with Crippen molar-refractivity contribution in [3.8, 4) is 0 Å². The van der Waals surface area contributed by atoms with Crippen LogP contribution in [0.5, 0.6) is 0 Å². The van der Waals surface area contributed by atoms with Crippen LogP contribution in [0.3, 0.4) is 0 Å². The molecule has 1 heterocycles. The SMILES string of the molecule is COC1C(CN2CC(C(C)O)[C@H](CO)O2)CCCC1c1cc(C(=O)NC(Cc2ccccc2)Cc2ccccc2)cc(N(C)C)c1. The molecule has 1 aliphatic heterocycles. The summed E-state index contributed by atoms with van der Waals surface area (Å²) in [5.74, 6) is 0.115. The molecular formula is C38H51N3O5. The summed E-state index contributed by atoms with van der Waals surface area (Å²) in [6, 6.07) is 26.8. The molecule has 2 fully saturated rings. The molecule has 1 aliphatic carbocycles. The third-order valence-corrected chi connectivity index (χ3v) is 9.77. The molecule has 1 amide bonds. The monoisotopic (exact) mass is 629 g/mol. The summed E-state index contributed by atoms with van der Waals surface area (Å²) in [4.78, 5) is 22.1. The average Bonchev–Trinajstić information content (AvgIpc) is 3.48. The van der Waals surface area contributed by atoms with Gasteiger partial charge in [-0.3, -0.25) is 9.63 Å². The van der Waals surface area contributed by atoms with Crippen LogP contribution in [-0.4, -0.2) is 86.4 Å². The van der Waals surface area contributed by atoms with Gasteiger partial charge in [0.1, 0.15) is 6.10 Å². The van der Waals surface area contributed by atoms with E-state index in [9.17, 15) is 15.0 Å². The second-order valence-corrected chi connectivity index (χ2v) is 13.3.